The van der Waals surface area contributed by atoms with Gasteiger partial charge < -0.3 is 10.1 Å². The first kappa shape index (κ1) is 21.3. The molecular formula is C24H18BrFN2O2S. The summed E-state index contributed by atoms with van der Waals surface area (Å²) in [6, 6.07) is 19.6. The molecule has 1 saturated heterocycles. The molecule has 0 spiro atoms. The number of carbonyl (C=O) groups excluding carboxylic acids is 1. The number of amidine groups is 1. The fourth-order valence-electron chi connectivity index (χ4n) is 2.91. The molecule has 0 atom stereocenters. The number of rotatable bonds is 5. The van der Waals surface area contributed by atoms with Crippen LogP contribution in [0.3, 0.4) is 0 Å². The molecule has 156 valence electrons. The van der Waals surface area contributed by atoms with Crippen LogP contribution in [0.2, 0.25) is 0 Å². The Labute approximate surface area is 192 Å². The average Bonchev–Trinajstić information content (AvgIpc) is 3.08. The third-order valence-electron chi connectivity index (χ3n) is 4.46. The second-order valence-corrected chi connectivity index (χ2v) is 8.86. The zero-order valence-corrected chi connectivity index (χ0v) is 19.0. The summed E-state index contributed by atoms with van der Waals surface area (Å²) in [6.07, 6.45) is 1.77. The van der Waals surface area contributed by atoms with Crippen molar-refractivity contribution in [3.63, 3.8) is 0 Å². The van der Waals surface area contributed by atoms with Crippen LogP contribution in [0.4, 0.5) is 10.1 Å². The Morgan fingerprint density at radius 3 is 2.71 bits per heavy atom. The molecule has 1 aliphatic rings. The largest absolute Gasteiger partial charge is 0.488 e. The number of hydrogen-bond acceptors (Lipinski definition) is 4. The van der Waals surface area contributed by atoms with E-state index in [2.05, 4.69) is 26.2 Å². The molecule has 0 unspecified atom stereocenters. The molecule has 1 heterocycles. The minimum atomic E-state index is -0.307. The Bertz CT molecular complexity index is 1190. The molecule has 7 heteroatoms. The average molecular weight is 497 g/mol. The molecule has 1 N–H and O–H groups in total. The van der Waals surface area contributed by atoms with E-state index in [-0.39, 0.29) is 18.3 Å². The summed E-state index contributed by atoms with van der Waals surface area (Å²) in [5.74, 6) is 0.0721. The molecule has 1 fully saturated rings. The predicted octanol–water partition coefficient (Wildman–Crippen LogP) is 6.37. The van der Waals surface area contributed by atoms with Crippen LogP contribution >= 0.6 is 27.7 Å². The van der Waals surface area contributed by atoms with Crippen LogP contribution in [-0.2, 0) is 11.4 Å². The number of hydrogen-bond donors (Lipinski definition) is 1. The van der Waals surface area contributed by atoms with Crippen LogP contribution in [0, 0.1) is 12.7 Å². The quantitative estimate of drug-likeness (QED) is 0.417. The first-order valence-corrected chi connectivity index (χ1v) is 11.1. The van der Waals surface area contributed by atoms with E-state index in [1.165, 1.54) is 23.9 Å². The van der Waals surface area contributed by atoms with Crippen molar-refractivity contribution >= 4 is 50.5 Å². The van der Waals surface area contributed by atoms with Crippen LogP contribution in [-0.4, -0.2) is 11.1 Å². The van der Waals surface area contributed by atoms with Gasteiger partial charge in [0.05, 0.1) is 10.6 Å². The summed E-state index contributed by atoms with van der Waals surface area (Å²) in [4.78, 5) is 17.5. The van der Waals surface area contributed by atoms with Gasteiger partial charge in [0.1, 0.15) is 18.2 Å². The van der Waals surface area contributed by atoms with Gasteiger partial charge in [0.15, 0.2) is 5.17 Å². The number of nitrogens with one attached hydrogen (secondary N) is 1. The third-order valence-corrected chi connectivity index (χ3v) is 5.86. The van der Waals surface area contributed by atoms with Gasteiger partial charge in [-0.05, 0) is 72.8 Å². The number of aryl methyl sites for hydroxylation is 1. The number of aliphatic imine (C=N–C) groups is 1. The highest BCUT2D eigenvalue weighted by molar-refractivity contribution is 9.10. The Kier molecular flexibility index (Phi) is 6.53. The molecule has 1 amide bonds. The van der Waals surface area contributed by atoms with Crippen molar-refractivity contribution < 1.29 is 13.9 Å². The van der Waals surface area contributed by atoms with Crippen LogP contribution in [0.5, 0.6) is 5.75 Å². The van der Waals surface area contributed by atoms with E-state index in [1.54, 1.807) is 18.2 Å². The van der Waals surface area contributed by atoms with Crippen LogP contribution in [0.15, 0.2) is 81.1 Å². The summed E-state index contributed by atoms with van der Waals surface area (Å²) in [6.45, 7) is 2.23. The lowest BCUT2D eigenvalue weighted by atomic mass is 10.1. The summed E-state index contributed by atoms with van der Waals surface area (Å²) < 4.78 is 20.2. The number of amides is 1. The highest BCUT2D eigenvalue weighted by Gasteiger charge is 2.24. The molecule has 3 aromatic carbocycles. The van der Waals surface area contributed by atoms with E-state index in [9.17, 15) is 9.18 Å². The van der Waals surface area contributed by atoms with E-state index in [1.807, 2.05) is 49.4 Å². The number of nitrogens with zero attached hydrogens (tertiary/aromatic N) is 1. The zero-order valence-electron chi connectivity index (χ0n) is 16.6. The maximum atomic E-state index is 13.4. The monoisotopic (exact) mass is 496 g/mol. The van der Waals surface area contributed by atoms with Crippen molar-refractivity contribution in [2.24, 2.45) is 4.99 Å². The molecule has 1 aliphatic heterocycles. The Balaban J connectivity index is 1.55. The predicted molar refractivity (Wildman–Crippen MR) is 127 cm³/mol. The maximum Gasteiger partial charge on any atom is 0.264 e. The molecule has 0 aliphatic carbocycles. The molecule has 0 saturated carbocycles. The maximum absolute atomic E-state index is 13.4. The van der Waals surface area contributed by atoms with Crippen LogP contribution in [0.25, 0.3) is 6.08 Å². The van der Waals surface area contributed by atoms with Gasteiger partial charge >= 0.3 is 0 Å². The van der Waals surface area contributed by atoms with E-state index in [0.717, 1.165) is 26.9 Å². The minimum absolute atomic E-state index is 0.216. The molecule has 0 radical (unpaired) electrons. The van der Waals surface area contributed by atoms with Gasteiger partial charge in [-0.1, -0.05) is 45.8 Å². The van der Waals surface area contributed by atoms with Gasteiger partial charge in [-0.15, -0.1) is 0 Å². The van der Waals surface area contributed by atoms with Gasteiger partial charge in [0.25, 0.3) is 5.91 Å². The number of thioether (sulfide) groups is 1. The molecule has 4 nitrogen and oxygen atoms in total. The van der Waals surface area contributed by atoms with E-state index in [4.69, 9.17) is 4.74 Å². The minimum Gasteiger partial charge on any atom is -0.488 e. The molecule has 4 rings (SSSR count). The van der Waals surface area contributed by atoms with Crippen molar-refractivity contribution in [2.45, 2.75) is 13.5 Å². The van der Waals surface area contributed by atoms with Gasteiger partial charge in [0.2, 0.25) is 0 Å². The molecular weight excluding hydrogens is 479 g/mol. The highest BCUT2D eigenvalue weighted by atomic mass is 79.9. The molecule has 0 aromatic heterocycles. The van der Waals surface area contributed by atoms with Gasteiger partial charge in [-0.25, -0.2) is 9.38 Å². The lowest BCUT2D eigenvalue weighted by Gasteiger charge is -2.10. The fourth-order valence-corrected chi connectivity index (χ4v) is 4.12. The third kappa shape index (κ3) is 5.62. The Hall–Kier alpha value is -2.90. The van der Waals surface area contributed by atoms with E-state index in [0.29, 0.717) is 15.8 Å². The number of carbonyl (C=O) groups is 1. The smallest absolute Gasteiger partial charge is 0.264 e. The molecule has 0 bridgehead atoms. The Morgan fingerprint density at radius 2 is 1.94 bits per heavy atom. The van der Waals surface area contributed by atoms with Crippen molar-refractivity contribution in [3.8, 4) is 5.75 Å². The first-order chi connectivity index (χ1) is 15.0. The number of benzene rings is 3. The summed E-state index contributed by atoms with van der Waals surface area (Å²) in [5, 5.41) is 3.32. The summed E-state index contributed by atoms with van der Waals surface area (Å²) in [7, 11) is 0. The second kappa shape index (κ2) is 9.49. The summed E-state index contributed by atoms with van der Waals surface area (Å²) >= 11 is 4.74. The lowest BCUT2D eigenvalue weighted by Crippen LogP contribution is -2.19. The van der Waals surface area contributed by atoms with Crippen molar-refractivity contribution in [3.05, 3.63) is 98.6 Å². The number of ether oxygens (including phenoxy) is 1. The molecule has 31 heavy (non-hydrogen) atoms. The highest BCUT2D eigenvalue weighted by Crippen LogP contribution is 2.32. The van der Waals surface area contributed by atoms with Gasteiger partial charge in [0, 0.05) is 10.0 Å². The normalized spacial score (nSPS) is 16.0. The summed E-state index contributed by atoms with van der Waals surface area (Å²) in [5.41, 5.74) is 3.38. The molecule has 3 aromatic rings. The zero-order chi connectivity index (χ0) is 21.8. The first-order valence-electron chi connectivity index (χ1n) is 9.49. The van der Waals surface area contributed by atoms with Crippen molar-refractivity contribution in [1.29, 1.82) is 0 Å². The lowest BCUT2D eigenvalue weighted by molar-refractivity contribution is -0.115. The van der Waals surface area contributed by atoms with Crippen molar-refractivity contribution in [2.75, 3.05) is 0 Å². The Morgan fingerprint density at radius 1 is 1.13 bits per heavy atom. The number of halogens is 2. The van der Waals surface area contributed by atoms with E-state index < -0.39 is 0 Å². The van der Waals surface area contributed by atoms with Crippen LogP contribution < -0.4 is 10.1 Å². The van der Waals surface area contributed by atoms with Crippen LogP contribution in [0.1, 0.15) is 16.7 Å². The topological polar surface area (TPSA) is 50.7 Å². The standard InChI is InChI=1S/C24H18BrFN2O2S/c1-15-5-8-20(9-6-15)27-24-28-23(29)22(31-24)13-17-12-18(25)7-10-21(17)30-14-16-3-2-4-19(26)11-16/h2-13H,14H2,1H3,(H,27,28,29)/b22-13-. The second-order valence-electron chi connectivity index (χ2n) is 6.92. The van der Waals surface area contributed by atoms with Gasteiger partial charge in [-0.2, -0.15) is 0 Å². The van der Waals surface area contributed by atoms with Gasteiger partial charge in [-0.3, -0.25) is 4.79 Å². The SMILES string of the molecule is Cc1ccc(N=C2NC(=O)/C(=C/c3cc(Br)ccc3OCc3cccc(F)c3)S2)cc1. The fraction of sp³-hybridized carbons (Fsp3) is 0.0833. The van der Waals surface area contributed by atoms with E-state index >= 15 is 0 Å². The van der Waals surface area contributed by atoms with Crippen molar-refractivity contribution in [1.82, 2.24) is 5.32 Å².